The Morgan fingerprint density at radius 2 is 2.00 bits per heavy atom. The van der Waals surface area contributed by atoms with E-state index < -0.39 is 0 Å². The van der Waals surface area contributed by atoms with E-state index in [1.165, 1.54) is 18.3 Å². The summed E-state index contributed by atoms with van der Waals surface area (Å²) in [6.07, 6.45) is 2.19. The predicted octanol–water partition coefficient (Wildman–Crippen LogP) is 2.51. The second-order valence-corrected chi connectivity index (χ2v) is 4.14. The van der Waals surface area contributed by atoms with Crippen molar-refractivity contribution in [3.63, 3.8) is 0 Å². The van der Waals surface area contributed by atoms with Crippen molar-refractivity contribution in [3.8, 4) is 0 Å². The van der Waals surface area contributed by atoms with E-state index in [4.69, 9.17) is 17.3 Å². The number of nitrogen functional groups attached to an aromatic ring is 1. The van der Waals surface area contributed by atoms with Crippen LogP contribution in [0.25, 0.3) is 0 Å². The second kappa shape index (κ2) is 5.64. The van der Waals surface area contributed by atoms with E-state index in [2.05, 4.69) is 15.3 Å². The summed E-state index contributed by atoms with van der Waals surface area (Å²) in [5.74, 6) is 0.438. The highest BCUT2D eigenvalue weighted by molar-refractivity contribution is 6.32. The van der Waals surface area contributed by atoms with Gasteiger partial charge in [-0.15, -0.1) is 0 Å². The highest BCUT2D eigenvalue weighted by Gasteiger charge is 2.02. The summed E-state index contributed by atoms with van der Waals surface area (Å²) in [4.78, 5) is 7.75. The number of hydrogen-bond acceptors (Lipinski definition) is 4. The first-order valence-electron chi connectivity index (χ1n) is 5.41. The lowest BCUT2D eigenvalue weighted by Crippen LogP contribution is -2.08. The minimum absolute atomic E-state index is 0.170. The van der Waals surface area contributed by atoms with Crippen LogP contribution in [0.3, 0.4) is 0 Å². The number of benzene rings is 1. The molecule has 3 N–H and O–H groups in total. The third-order valence-electron chi connectivity index (χ3n) is 2.38. The first-order chi connectivity index (χ1) is 8.65. The minimum atomic E-state index is -0.238. The van der Waals surface area contributed by atoms with Crippen LogP contribution in [0.4, 0.5) is 16.2 Å². The standard InChI is InChI=1S/C12H12ClFN4/c13-10-7-17-12(15)18-11(10)16-6-5-8-1-3-9(14)4-2-8/h1-4,7H,5-6H2,(H3,15,16,17,18). The Bertz CT molecular complexity index is 530. The molecule has 0 spiro atoms. The van der Waals surface area contributed by atoms with Crippen molar-refractivity contribution in [1.82, 2.24) is 9.97 Å². The lowest BCUT2D eigenvalue weighted by atomic mass is 10.1. The van der Waals surface area contributed by atoms with Crippen molar-refractivity contribution in [1.29, 1.82) is 0 Å². The van der Waals surface area contributed by atoms with E-state index in [1.54, 1.807) is 12.1 Å². The molecule has 0 bridgehead atoms. The summed E-state index contributed by atoms with van der Waals surface area (Å²) >= 11 is 5.91. The molecular weight excluding hydrogens is 255 g/mol. The maximum atomic E-state index is 12.7. The van der Waals surface area contributed by atoms with E-state index in [0.717, 1.165) is 12.0 Å². The van der Waals surface area contributed by atoms with Crippen LogP contribution >= 0.6 is 11.6 Å². The molecule has 94 valence electrons. The lowest BCUT2D eigenvalue weighted by molar-refractivity contribution is 0.627. The van der Waals surface area contributed by atoms with Gasteiger partial charge in [0.15, 0.2) is 0 Å². The van der Waals surface area contributed by atoms with Gasteiger partial charge in [-0.25, -0.2) is 9.37 Å². The topological polar surface area (TPSA) is 63.8 Å². The Morgan fingerprint density at radius 1 is 1.28 bits per heavy atom. The SMILES string of the molecule is Nc1ncc(Cl)c(NCCc2ccc(F)cc2)n1. The first-order valence-corrected chi connectivity index (χ1v) is 5.79. The molecule has 0 unspecified atom stereocenters. The molecular formula is C12H12ClFN4. The summed E-state index contributed by atoms with van der Waals surface area (Å²) in [7, 11) is 0. The molecule has 0 saturated carbocycles. The highest BCUT2D eigenvalue weighted by Crippen LogP contribution is 2.18. The zero-order valence-corrected chi connectivity index (χ0v) is 10.3. The first kappa shape index (κ1) is 12.6. The fourth-order valence-electron chi connectivity index (χ4n) is 1.48. The van der Waals surface area contributed by atoms with Gasteiger partial charge in [0, 0.05) is 6.54 Å². The van der Waals surface area contributed by atoms with E-state index in [1.807, 2.05) is 0 Å². The van der Waals surface area contributed by atoms with Crippen molar-refractivity contribution in [2.24, 2.45) is 0 Å². The number of nitrogens with two attached hydrogens (primary N) is 1. The molecule has 18 heavy (non-hydrogen) atoms. The van der Waals surface area contributed by atoms with E-state index in [9.17, 15) is 4.39 Å². The molecule has 0 fully saturated rings. The molecule has 0 aliphatic heterocycles. The molecule has 2 rings (SSSR count). The largest absolute Gasteiger partial charge is 0.368 e. The van der Waals surface area contributed by atoms with Crippen molar-refractivity contribution in [2.75, 3.05) is 17.6 Å². The van der Waals surface area contributed by atoms with Gasteiger partial charge in [0.05, 0.1) is 6.20 Å². The van der Waals surface area contributed by atoms with Gasteiger partial charge >= 0.3 is 0 Å². The van der Waals surface area contributed by atoms with Gasteiger partial charge < -0.3 is 11.1 Å². The van der Waals surface area contributed by atoms with Gasteiger partial charge in [-0.3, -0.25) is 0 Å². The number of rotatable bonds is 4. The third kappa shape index (κ3) is 3.30. The third-order valence-corrected chi connectivity index (χ3v) is 2.66. The molecule has 0 amide bonds. The van der Waals surface area contributed by atoms with Gasteiger partial charge in [0.2, 0.25) is 5.95 Å². The number of nitrogens with zero attached hydrogens (tertiary/aromatic N) is 2. The quantitative estimate of drug-likeness (QED) is 0.892. The van der Waals surface area contributed by atoms with Gasteiger partial charge in [-0.1, -0.05) is 23.7 Å². The molecule has 1 aromatic carbocycles. The Balaban J connectivity index is 1.92. The highest BCUT2D eigenvalue weighted by atomic mass is 35.5. The number of nitrogens with one attached hydrogen (secondary N) is 1. The van der Waals surface area contributed by atoms with Crippen molar-refractivity contribution in [2.45, 2.75) is 6.42 Å². The zero-order chi connectivity index (χ0) is 13.0. The molecule has 0 radical (unpaired) electrons. The molecule has 1 aromatic heterocycles. The van der Waals surface area contributed by atoms with Crippen LogP contribution in [-0.4, -0.2) is 16.5 Å². The average molecular weight is 267 g/mol. The zero-order valence-electron chi connectivity index (χ0n) is 9.53. The molecule has 6 heteroatoms. The summed E-state index contributed by atoms with van der Waals surface area (Å²) in [6.45, 7) is 0.627. The van der Waals surface area contributed by atoms with Crippen LogP contribution in [0, 0.1) is 5.82 Å². The Hall–Kier alpha value is -1.88. The summed E-state index contributed by atoms with van der Waals surface area (Å²) in [6, 6.07) is 6.36. The Kier molecular flexibility index (Phi) is 3.94. The molecule has 4 nitrogen and oxygen atoms in total. The fraction of sp³-hybridized carbons (Fsp3) is 0.167. The van der Waals surface area contributed by atoms with Gasteiger partial charge in [0.25, 0.3) is 0 Å². The van der Waals surface area contributed by atoms with E-state index in [0.29, 0.717) is 17.4 Å². The number of aromatic nitrogens is 2. The monoisotopic (exact) mass is 266 g/mol. The number of hydrogen-bond donors (Lipinski definition) is 2. The van der Waals surface area contributed by atoms with Crippen LogP contribution < -0.4 is 11.1 Å². The fourth-order valence-corrected chi connectivity index (χ4v) is 1.64. The smallest absolute Gasteiger partial charge is 0.222 e. The lowest BCUT2D eigenvalue weighted by Gasteiger charge is -2.07. The van der Waals surface area contributed by atoms with Crippen molar-refractivity contribution in [3.05, 3.63) is 46.9 Å². The number of halogens is 2. The summed E-state index contributed by atoms with van der Waals surface area (Å²) in [5.41, 5.74) is 6.49. The number of anilines is 2. The van der Waals surface area contributed by atoms with E-state index >= 15 is 0 Å². The van der Waals surface area contributed by atoms with Crippen molar-refractivity contribution >= 4 is 23.4 Å². The second-order valence-electron chi connectivity index (χ2n) is 3.73. The maximum absolute atomic E-state index is 12.7. The van der Waals surface area contributed by atoms with Gasteiger partial charge in [0.1, 0.15) is 16.7 Å². The van der Waals surface area contributed by atoms with Crippen LogP contribution in [0.1, 0.15) is 5.56 Å². The maximum Gasteiger partial charge on any atom is 0.222 e. The van der Waals surface area contributed by atoms with E-state index in [-0.39, 0.29) is 11.8 Å². The Morgan fingerprint density at radius 3 is 2.72 bits per heavy atom. The molecule has 2 aromatic rings. The molecule has 0 aliphatic rings. The summed E-state index contributed by atoms with van der Waals surface area (Å²) < 4.78 is 12.7. The molecule has 1 heterocycles. The van der Waals surface area contributed by atoms with Crippen LogP contribution in [0.15, 0.2) is 30.5 Å². The van der Waals surface area contributed by atoms with Crippen LogP contribution in [-0.2, 0) is 6.42 Å². The minimum Gasteiger partial charge on any atom is -0.368 e. The molecule has 0 saturated heterocycles. The molecule has 0 atom stereocenters. The Labute approximate surface area is 109 Å². The van der Waals surface area contributed by atoms with Crippen LogP contribution in [0.2, 0.25) is 5.02 Å². The van der Waals surface area contributed by atoms with Gasteiger partial charge in [-0.05, 0) is 24.1 Å². The van der Waals surface area contributed by atoms with Crippen molar-refractivity contribution < 1.29 is 4.39 Å². The molecule has 0 aliphatic carbocycles. The van der Waals surface area contributed by atoms with Crippen LogP contribution in [0.5, 0.6) is 0 Å². The predicted molar refractivity (Wildman–Crippen MR) is 70.0 cm³/mol. The summed E-state index contributed by atoms with van der Waals surface area (Å²) in [5, 5.41) is 3.48. The normalized spacial score (nSPS) is 10.3. The average Bonchev–Trinajstić information content (AvgIpc) is 2.36. The van der Waals surface area contributed by atoms with Gasteiger partial charge in [-0.2, -0.15) is 4.98 Å².